The number of fused-ring (bicyclic) bond motifs is 1. The lowest BCUT2D eigenvalue weighted by Crippen LogP contribution is -2.65. The summed E-state index contributed by atoms with van der Waals surface area (Å²) in [4.78, 5) is 23.2. The highest BCUT2D eigenvalue weighted by molar-refractivity contribution is 7.86. The van der Waals surface area contributed by atoms with Gasteiger partial charge in [0.1, 0.15) is 24.4 Å². The summed E-state index contributed by atoms with van der Waals surface area (Å²) in [5.74, 6) is -0.962. The van der Waals surface area contributed by atoms with Gasteiger partial charge < -0.3 is 24.3 Å². The Bertz CT molecular complexity index is 860. The Balaban J connectivity index is 1.90. The first kappa shape index (κ1) is 22.6. The third kappa shape index (κ3) is 5.76. The van der Waals surface area contributed by atoms with E-state index in [2.05, 4.69) is 5.32 Å². The van der Waals surface area contributed by atoms with Crippen LogP contribution < -0.4 is 5.32 Å². The molecule has 2 aliphatic rings. The van der Waals surface area contributed by atoms with Crippen molar-refractivity contribution < 1.29 is 41.1 Å². The lowest BCUT2D eigenvalue weighted by molar-refractivity contribution is -0.325. The van der Waals surface area contributed by atoms with Crippen LogP contribution in [0, 0.1) is 0 Å². The van der Waals surface area contributed by atoms with Crippen molar-refractivity contribution in [2.75, 3.05) is 19.4 Å². The minimum atomic E-state index is -3.94. The molecule has 30 heavy (non-hydrogen) atoms. The van der Waals surface area contributed by atoms with E-state index in [0.717, 1.165) is 11.8 Å². The Kier molecular flexibility index (Phi) is 7.09. The number of benzene rings is 1. The van der Waals surface area contributed by atoms with E-state index in [1.807, 2.05) is 30.3 Å². The second-order valence-corrected chi connectivity index (χ2v) is 8.77. The highest BCUT2D eigenvalue weighted by Crippen LogP contribution is 2.36. The van der Waals surface area contributed by atoms with Crippen LogP contribution in [0.15, 0.2) is 30.3 Å². The Labute approximate surface area is 174 Å². The SMILES string of the molecule is CC(=O)NC[C@@H]1O[C@@H]2COC(c3ccccc3)O[C@H]2[C@H](OC(C)=O)[C@H]1OS(C)(=O)=O. The van der Waals surface area contributed by atoms with E-state index in [1.54, 1.807) is 0 Å². The zero-order valence-electron chi connectivity index (χ0n) is 16.8. The average molecular weight is 443 g/mol. The normalized spacial score (nSPS) is 31.4. The van der Waals surface area contributed by atoms with Crippen molar-refractivity contribution in [1.29, 1.82) is 0 Å². The van der Waals surface area contributed by atoms with Gasteiger partial charge in [-0.2, -0.15) is 8.42 Å². The van der Waals surface area contributed by atoms with Crippen molar-refractivity contribution in [1.82, 2.24) is 5.32 Å². The molecule has 0 radical (unpaired) electrons. The van der Waals surface area contributed by atoms with Crippen molar-refractivity contribution in [2.24, 2.45) is 0 Å². The van der Waals surface area contributed by atoms with E-state index in [1.165, 1.54) is 13.8 Å². The van der Waals surface area contributed by atoms with Gasteiger partial charge in [0, 0.05) is 26.0 Å². The maximum atomic E-state index is 11.9. The fourth-order valence-corrected chi connectivity index (χ4v) is 4.13. The number of rotatable bonds is 6. The number of amides is 1. The monoisotopic (exact) mass is 443 g/mol. The van der Waals surface area contributed by atoms with E-state index in [4.69, 9.17) is 23.1 Å². The van der Waals surface area contributed by atoms with Gasteiger partial charge in [-0.25, -0.2) is 0 Å². The molecule has 10 nitrogen and oxygen atoms in total. The third-order valence-electron chi connectivity index (χ3n) is 4.63. The summed E-state index contributed by atoms with van der Waals surface area (Å²) in [6.07, 6.45) is -4.58. The van der Waals surface area contributed by atoms with Crippen LogP contribution >= 0.6 is 0 Å². The van der Waals surface area contributed by atoms with Crippen LogP contribution in [0.2, 0.25) is 0 Å². The molecule has 2 heterocycles. The van der Waals surface area contributed by atoms with Gasteiger partial charge in [-0.05, 0) is 0 Å². The van der Waals surface area contributed by atoms with Gasteiger partial charge in [0.05, 0.1) is 12.9 Å². The zero-order valence-corrected chi connectivity index (χ0v) is 17.7. The lowest BCUT2D eigenvalue weighted by atomic mass is 9.93. The van der Waals surface area contributed by atoms with Crippen molar-refractivity contribution in [3.8, 4) is 0 Å². The molecule has 1 aromatic carbocycles. The molecule has 166 valence electrons. The Morgan fingerprint density at radius 1 is 1.13 bits per heavy atom. The zero-order chi connectivity index (χ0) is 21.9. The molecule has 1 unspecified atom stereocenters. The summed E-state index contributed by atoms with van der Waals surface area (Å²) in [6.45, 7) is 2.60. The fourth-order valence-electron chi connectivity index (χ4n) is 3.49. The van der Waals surface area contributed by atoms with E-state index in [0.29, 0.717) is 0 Å². The molecule has 0 spiro atoms. The maximum absolute atomic E-state index is 11.9. The van der Waals surface area contributed by atoms with Gasteiger partial charge in [0.15, 0.2) is 12.4 Å². The Morgan fingerprint density at radius 2 is 1.83 bits per heavy atom. The van der Waals surface area contributed by atoms with Crippen molar-refractivity contribution >= 4 is 22.0 Å². The molecule has 2 aliphatic heterocycles. The molecule has 0 saturated carbocycles. The van der Waals surface area contributed by atoms with Gasteiger partial charge in [0.25, 0.3) is 10.1 Å². The van der Waals surface area contributed by atoms with Crippen LogP contribution in [0.3, 0.4) is 0 Å². The molecular weight excluding hydrogens is 418 g/mol. The molecule has 3 rings (SSSR count). The fraction of sp³-hybridized carbons (Fsp3) is 0.579. The molecule has 11 heteroatoms. The van der Waals surface area contributed by atoms with Crippen molar-refractivity contribution in [2.45, 2.75) is 50.7 Å². The largest absolute Gasteiger partial charge is 0.457 e. The second-order valence-electron chi connectivity index (χ2n) is 7.17. The summed E-state index contributed by atoms with van der Waals surface area (Å²) in [5, 5.41) is 2.57. The molecule has 1 aromatic rings. The molecular formula is C19H25NO9S. The highest BCUT2D eigenvalue weighted by Gasteiger charge is 2.53. The first-order valence-corrected chi connectivity index (χ1v) is 11.2. The van der Waals surface area contributed by atoms with Crippen LogP contribution in [0.4, 0.5) is 0 Å². The average Bonchev–Trinajstić information content (AvgIpc) is 2.67. The smallest absolute Gasteiger partial charge is 0.303 e. The second kappa shape index (κ2) is 9.40. The van der Waals surface area contributed by atoms with Crippen LogP contribution in [0.1, 0.15) is 25.7 Å². The molecule has 1 N–H and O–H groups in total. The third-order valence-corrected chi connectivity index (χ3v) is 5.21. The number of ether oxygens (including phenoxy) is 4. The summed E-state index contributed by atoms with van der Waals surface area (Å²) in [6, 6.07) is 9.14. The number of esters is 1. The topological polar surface area (TPSA) is 126 Å². The van der Waals surface area contributed by atoms with E-state index in [9.17, 15) is 18.0 Å². The number of hydrogen-bond donors (Lipinski definition) is 1. The van der Waals surface area contributed by atoms with Crippen LogP contribution in [0.5, 0.6) is 0 Å². The molecule has 0 aromatic heterocycles. The summed E-state index contributed by atoms with van der Waals surface area (Å²) >= 11 is 0. The van der Waals surface area contributed by atoms with E-state index >= 15 is 0 Å². The minimum absolute atomic E-state index is 0.0430. The molecule has 2 fully saturated rings. The van der Waals surface area contributed by atoms with Gasteiger partial charge in [-0.15, -0.1) is 0 Å². The van der Waals surface area contributed by atoms with Gasteiger partial charge in [-0.1, -0.05) is 30.3 Å². The standard InChI is InChI=1S/C19H25NO9S/c1-11(21)20-9-14-17(29-30(3,23)24)18(26-12(2)22)16-15(27-14)10-25-19(28-16)13-7-5-4-6-8-13/h4-8,14-19H,9-10H2,1-3H3,(H,20,21)/t14-,15+,16+,17-,18-,19?/m0/s1. The van der Waals surface area contributed by atoms with Crippen molar-refractivity contribution in [3.63, 3.8) is 0 Å². The predicted molar refractivity (Wildman–Crippen MR) is 103 cm³/mol. The molecule has 1 amide bonds. The van der Waals surface area contributed by atoms with Crippen molar-refractivity contribution in [3.05, 3.63) is 35.9 Å². The molecule has 0 aliphatic carbocycles. The summed E-state index contributed by atoms with van der Waals surface area (Å²) in [5.41, 5.74) is 0.749. The number of carbonyl (C=O) groups excluding carboxylic acids is 2. The summed E-state index contributed by atoms with van der Waals surface area (Å²) < 4.78 is 52.2. The summed E-state index contributed by atoms with van der Waals surface area (Å²) in [7, 11) is -3.94. The predicted octanol–water partition coefficient (Wildman–Crippen LogP) is 0.281. The van der Waals surface area contributed by atoms with Gasteiger partial charge in [0.2, 0.25) is 5.91 Å². The molecule has 0 bridgehead atoms. The van der Waals surface area contributed by atoms with E-state index < -0.39 is 52.9 Å². The molecule has 2 saturated heterocycles. The van der Waals surface area contributed by atoms with Gasteiger partial charge in [-0.3, -0.25) is 13.8 Å². The molecule has 6 atom stereocenters. The van der Waals surface area contributed by atoms with E-state index in [-0.39, 0.29) is 19.1 Å². The quantitative estimate of drug-likeness (QED) is 0.487. The highest BCUT2D eigenvalue weighted by atomic mass is 32.2. The van der Waals surface area contributed by atoms with Gasteiger partial charge >= 0.3 is 5.97 Å². The first-order valence-electron chi connectivity index (χ1n) is 9.41. The minimum Gasteiger partial charge on any atom is -0.457 e. The number of hydrogen-bond acceptors (Lipinski definition) is 9. The maximum Gasteiger partial charge on any atom is 0.303 e. The Morgan fingerprint density at radius 3 is 2.43 bits per heavy atom. The van der Waals surface area contributed by atoms with Crippen LogP contribution in [0.25, 0.3) is 0 Å². The number of nitrogens with one attached hydrogen (secondary N) is 1. The lowest BCUT2D eigenvalue weighted by Gasteiger charge is -2.48. The first-order chi connectivity index (χ1) is 14.1. The van der Waals surface area contributed by atoms with Crippen LogP contribution in [-0.4, -0.2) is 70.2 Å². The Hall–Kier alpha value is -2.05. The number of carbonyl (C=O) groups is 2. The van der Waals surface area contributed by atoms with Crippen LogP contribution in [-0.2, 0) is 42.8 Å².